The first-order chi connectivity index (χ1) is 12.2. The molecule has 1 aliphatic rings. The maximum Gasteiger partial charge on any atom is 0.260 e. The third-order valence-corrected chi connectivity index (χ3v) is 4.82. The Kier molecular flexibility index (Phi) is 6.13. The number of hydrogen-bond donors (Lipinski definition) is 3. The number of rotatable bonds is 5. The minimum Gasteiger partial charge on any atom is -0.334 e. The van der Waals surface area contributed by atoms with Crippen molar-refractivity contribution in [2.24, 2.45) is 5.73 Å². The van der Waals surface area contributed by atoms with Crippen LogP contribution in [0.25, 0.3) is 11.5 Å². The fraction of sp³-hybridized carbons (Fsp3) is 0.438. The fourth-order valence-electron chi connectivity index (χ4n) is 3.06. The predicted octanol–water partition coefficient (Wildman–Crippen LogP) is 2.22. The van der Waals surface area contributed by atoms with Crippen LogP contribution in [0.2, 0.25) is 0 Å². The zero-order chi connectivity index (χ0) is 18.9. The molecule has 27 heavy (non-hydrogen) atoms. The van der Waals surface area contributed by atoms with Crippen molar-refractivity contribution >= 4 is 39.7 Å². The highest BCUT2D eigenvalue weighted by atomic mass is 35.5. The van der Waals surface area contributed by atoms with E-state index in [0.717, 1.165) is 31.9 Å². The number of nitrogens with two attached hydrogens (primary N) is 1. The van der Waals surface area contributed by atoms with Crippen LogP contribution in [0.3, 0.4) is 0 Å². The van der Waals surface area contributed by atoms with Crippen LogP contribution < -0.4 is 15.8 Å². The molecule has 0 bridgehead atoms. The van der Waals surface area contributed by atoms with Gasteiger partial charge in [0.15, 0.2) is 5.82 Å². The Morgan fingerprint density at radius 3 is 2.56 bits per heavy atom. The van der Waals surface area contributed by atoms with Gasteiger partial charge < -0.3 is 15.6 Å². The van der Waals surface area contributed by atoms with E-state index >= 15 is 0 Å². The molecule has 0 spiro atoms. The van der Waals surface area contributed by atoms with Crippen molar-refractivity contribution < 1.29 is 17.7 Å². The van der Waals surface area contributed by atoms with Crippen LogP contribution in [0.1, 0.15) is 38.4 Å². The number of benzene rings is 1. The number of carbonyl (C=O) groups excluding carboxylic acids is 1. The van der Waals surface area contributed by atoms with Gasteiger partial charge in [0.2, 0.25) is 15.9 Å². The van der Waals surface area contributed by atoms with Crippen LogP contribution in [0, 0.1) is 0 Å². The van der Waals surface area contributed by atoms with E-state index in [1.807, 2.05) is 0 Å². The lowest BCUT2D eigenvalue weighted by molar-refractivity contribution is -0.114. The summed E-state index contributed by atoms with van der Waals surface area (Å²) in [6.07, 6.45) is 4.59. The number of carbonyl (C=O) groups is 1. The highest BCUT2D eigenvalue weighted by molar-refractivity contribution is 7.92. The van der Waals surface area contributed by atoms with E-state index in [1.165, 1.54) is 13.0 Å². The van der Waals surface area contributed by atoms with E-state index in [9.17, 15) is 13.2 Å². The first kappa shape index (κ1) is 21.1. The molecule has 0 radical (unpaired) electrons. The normalized spacial score (nSPS) is 15.8. The van der Waals surface area contributed by atoms with Crippen molar-refractivity contribution in [1.29, 1.82) is 0 Å². The summed E-state index contributed by atoms with van der Waals surface area (Å²) in [6, 6.07) is 4.68. The first-order valence-corrected chi connectivity index (χ1v) is 10.1. The number of halogens is 1. The van der Waals surface area contributed by atoms with Gasteiger partial charge in [-0.1, -0.05) is 18.0 Å². The molecule has 0 aliphatic heterocycles. The summed E-state index contributed by atoms with van der Waals surface area (Å²) in [5.74, 6) is 0.285. The van der Waals surface area contributed by atoms with Gasteiger partial charge in [-0.05, 0) is 31.0 Å². The molecule has 4 N–H and O–H groups in total. The molecule has 0 unspecified atom stereocenters. The number of anilines is 2. The molecule has 1 aromatic carbocycles. The molecule has 0 saturated heterocycles. The van der Waals surface area contributed by atoms with Crippen LogP contribution in [-0.4, -0.2) is 30.7 Å². The molecule has 3 rings (SSSR count). The topological polar surface area (TPSA) is 140 Å². The second-order valence-corrected chi connectivity index (χ2v) is 8.35. The van der Waals surface area contributed by atoms with Crippen molar-refractivity contribution in [3.8, 4) is 11.5 Å². The van der Waals surface area contributed by atoms with Crippen molar-refractivity contribution in [3.05, 3.63) is 24.0 Å². The summed E-state index contributed by atoms with van der Waals surface area (Å²) in [4.78, 5) is 15.7. The molecule has 9 nitrogen and oxygen atoms in total. The van der Waals surface area contributed by atoms with Gasteiger partial charge >= 0.3 is 0 Å². The Bertz CT molecular complexity index is 938. The third-order valence-electron chi connectivity index (χ3n) is 4.23. The van der Waals surface area contributed by atoms with Crippen molar-refractivity contribution in [2.75, 3.05) is 16.3 Å². The lowest BCUT2D eigenvalue weighted by atomic mass is 9.98. The first-order valence-electron chi connectivity index (χ1n) is 8.19. The maximum absolute atomic E-state index is 11.6. The summed E-state index contributed by atoms with van der Waals surface area (Å²) in [6.45, 7) is 1.38. The molecule has 1 aromatic heterocycles. The minimum absolute atomic E-state index is 0. The quantitative estimate of drug-likeness (QED) is 0.679. The van der Waals surface area contributed by atoms with Crippen molar-refractivity contribution in [2.45, 2.75) is 38.1 Å². The van der Waals surface area contributed by atoms with Crippen LogP contribution in [0.5, 0.6) is 0 Å². The van der Waals surface area contributed by atoms with E-state index in [1.54, 1.807) is 12.1 Å². The van der Waals surface area contributed by atoms with Gasteiger partial charge in [-0.25, -0.2) is 8.42 Å². The standard InChI is InChI=1S/C16H21N5O4S.ClH/c1-10(22)18-11-5-6-13(21-26(2,23)24)12(9-11)14-19-15(20-25-14)16(17)7-3-4-8-16;/h5-6,9,21H,3-4,7-8,17H2,1-2H3,(H,18,22);1H. The number of aromatic nitrogens is 2. The molecule has 11 heteroatoms. The Morgan fingerprint density at radius 2 is 1.96 bits per heavy atom. The summed E-state index contributed by atoms with van der Waals surface area (Å²) >= 11 is 0. The highest BCUT2D eigenvalue weighted by Crippen LogP contribution is 2.37. The van der Waals surface area contributed by atoms with Crippen molar-refractivity contribution in [3.63, 3.8) is 0 Å². The zero-order valence-electron chi connectivity index (χ0n) is 15.0. The monoisotopic (exact) mass is 415 g/mol. The minimum atomic E-state index is -3.52. The third kappa shape index (κ3) is 4.96. The molecule has 0 atom stereocenters. The predicted molar refractivity (Wildman–Crippen MR) is 104 cm³/mol. The Morgan fingerprint density at radius 1 is 1.30 bits per heavy atom. The van der Waals surface area contributed by atoms with Crippen molar-refractivity contribution in [1.82, 2.24) is 10.1 Å². The van der Waals surface area contributed by atoms with Crippen LogP contribution >= 0.6 is 12.4 Å². The zero-order valence-corrected chi connectivity index (χ0v) is 16.6. The van der Waals surface area contributed by atoms with E-state index in [0.29, 0.717) is 17.1 Å². The molecule has 1 aliphatic carbocycles. The largest absolute Gasteiger partial charge is 0.334 e. The molecule has 1 heterocycles. The van der Waals surface area contributed by atoms with E-state index in [2.05, 4.69) is 20.2 Å². The number of sulfonamides is 1. The number of nitrogens with one attached hydrogen (secondary N) is 2. The fourth-order valence-corrected chi connectivity index (χ4v) is 3.63. The van der Waals surface area contributed by atoms with Crippen LogP contribution in [0.4, 0.5) is 11.4 Å². The second-order valence-electron chi connectivity index (χ2n) is 6.60. The summed E-state index contributed by atoms with van der Waals surface area (Å²) in [5.41, 5.74) is 6.85. The van der Waals surface area contributed by atoms with Crippen LogP contribution in [-0.2, 0) is 20.4 Å². The number of amides is 1. The lowest BCUT2D eigenvalue weighted by Crippen LogP contribution is -2.34. The molecular weight excluding hydrogens is 394 g/mol. The van der Waals surface area contributed by atoms with Gasteiger partial charge in [0.05, 0.1) is 23.0 Å². The maximum atomic E-state index is 11.6. The molecule has 1 amide bonds. The van der Waals surface area contributed by atoms with Gasteiger partial charge in [-0.15, -0.1) is 12.4 Å². The van der Waals surface area contributed by atoms with Gasteiger partial charge in [0.25, 0.3) is 5.89 Å². The van der Waals surface area contributed by atoms with Crippen LogP contribution in [0.15, 0.2) is 22.7 Å². The average Bonchev–Trinajstić information content (AvgIpc) is 3.17. The average molecular weight is 416 g/mol. The van der Waals surface area contributed by atoms with Gasteiger partial charge in [-0.3, -0.25) is 9.52 Å². The SMILES string of the molecule is CC(=O)Nc1ccc(NS(C)(=O)=O)c(-c2nc(C3(N)CCCC3)no2)c1.Cl. The van der Waals surface area contributed by atoms with Gasteiger partial charge in [0, 0.05) is 12.6 Å². The summed E-state index contributed by atoms with van der Waals surface area (Å²) < 4.78 is 31.1. The highest BCUT2D eigenvalue weighted by Gasteiger charge is 2.36. The van der Waals surface area contributed by atoms with Gasteiger partial charge in [-0.2, -0.15) is 4.98 Å². The molecule has 148 valence electrons. The van der Waals surface area contributed by atoms with Gasteiger partial charge in [0.1, 0.15) is 0 Å². The van der Waals surface area contributed by atoms with E-state index in [-0.39, 0.29) is 29.9 Å². The summed E-state index contributed by atoms with van der Waals surface area (Å²) in [7, 11) is -3.52. The Labute approximate surface area is 163 Å². The Balaban J connectivity index is 0.00000261. The molecule has 2 aromatic rings. The molecular formula is C16H22ClN5O4S. The smallest absolute Gasteiger partial charge is 0.260 e. The lowest BCUT2D eigenvalue weighted by Gasteiger charge is -2.17. The van der Waals surface area contributed by atoms with E-state index < -0.39 is 15.6 Å². The molecule has 1 saturated carbocycles. The number of nitrogens with zero attached hydrogens (tertiary/aromatic N) is 2. The Hall–Kier alpha value is -2.17. The summed E-state index contributed by atoms with van der Waals surface area (Å²) in [5, 5.41) is 6.64. The number of hydrogen-bond acceptors (Lipinski definition) is 7. The second kappa shape index (κ2) is 7.83. The van der Waals surface area contributed by atoms with E-state index in [4.69, 9.17) is 10.3 Å². The molecule has 1 fully saturated rings.